The van der Waals surface area contributed by atoms with E-state index in [9.17, 15) is 4.79 Å². The summed E-state index contributed by atoms with van der Waals surface area (Å²) in [5.74, 6) is -0.0245. The van der Waals surface area contributed by atoms with Crippen LogP contribution in [0.15, 0.2) is 47.6 Å². The van der Waals surface area contributed by atoms with Crippen molar-refractivity contribution in [2.45, 2.75) is 19.8 Å². The molecule has 1 amide bonds. The van der Waals surface area contributed by atoms with Gasteiger partial charge in [-0.3, -0.25) is 4.79 Å². The number of aryl methyl sites for hydroxylation is 1. The first-order valence-corrected chi connectivity index (χ1v) is 8.83. The highest BCUT2D eigenvalue weighted by Gasteiger charge is 2.25. The molecule has 0 saturated heterocycles. The molecule has 6 heteroatoms. The van der Waals surface area contributed by atoms with E-state index in [0.29, 0.717) is 23.0 Å². The number of halogens is 1. The smallest absolute Gasteiger partial charge is 0.249 e. The van der Waals surface area contributed by atoms with E-state index < -0.39 is 0 Å². The first-order chi connectivity index (χ1) is 11.6. The van der Waals surface area contributed by atoms with Crippen LogP contribution in [0.3, 0.4) is 0 Å². The van der Waals surface area contributed by atoms with Crippen molar-refractivity contribution >= 4 is 49.9 Å². The second kappa shape index (κ2) is 6.00. The first kappa shape index (κ1) is 15.3. The number of hydrazone groups is 1. The van der Waals surface area contributed by atoms with Crippen molar-refractivity contribution in [3.05, 3.63) is 58.6 Å². The molecule has 2 heterocycles. The molecule has 0 bridgehead atoms. The number of fused-ring (bicyclic) bond motifs is 1. The average molecular weight is 356 g/mol. The summed E-state index contributed by atoms with van der Waals surface area (Å²) < 4.78 is 1.06. The number of anilines is 1. The van der Waals surface area contributed by atoms with Crippen molar-refractivity contribution in [1.29, 1.82) is 0 Å². The molecule has 1 aromatic heterocycles. The lowest BCUT2D eigenvalue weighted by Crippen LogP contribution is -2.31. The minimum absolute atomic E-state index is 0.0245. The number of rotatable bonds is 2. The van der Waals surface area contributed by atoms with Gasteiger partial charge in [-0.1, -0.05) is 41.1 Å². The zero-order valence-electron chi connectivity index (χ0n) is 13.0. The monoisotopic (exact) mass is 355 g/mol. The normalized spacial score (nSPS) is 15.0. The topological polar surface area (TPSA) is 45.6 Å². The summed E-state index contributed by atoms with van der Waals surface area (Å²) in [7, 11) is 0. The lowest BCUT2D eigenvalue weighted by molar-refractivity contribution is -0.118. The van der Waals surface area contributed by atoms with Gasteiger partial charge in [0.1, 0.15) is 0 Å². The number of carbonyl (C=O) groups is 1. The highest BCUT2D eigenvalue weighted by Crippen LogP contribution is 2.32. The standard InChI is InChI=1S/C18H14ClN3OS/c1-11-2-7-15-16(10-11)24-18(20-15)22-17(23)9-8-14(21-22)12-3-5-13(19)6-4-12/h2-7,10H,8-9H2,1H3. The van der Waals surface area contributed by atoms with Crippen LogP contribution in [-0.4, -0.2) is 16.6 Å². The number of benzene rings is 2. The Labute approximate surface area is 148 Å². The number of hydrogen-bond donors (Lipinski definition) is 0. The Bertz CT molecular complexity index is 962. The third-order valence-corrected chi connectivity index (χ3v) is 5.17. The van der Waals surface area contributed by atoms with Gasteiger partial charge in [0.25, 0.3) is 0 Å². The van der Waals surface area contributed by atoms with E-state index in [2.05, 4.69) is 16.2 Å². The fourth-order valence-electron chi connectivity index (χ4n) is 2.66. The maximum absolute atomic E-state index is 12.3. The summed E-state index contributed by atoms with van der Waals surface area (Å²) in [5.41, 5.74) is 3.92. The molecule has 2 aromatic carbocycles. The molecule has 0 aliphatic carbocycles. The Balaban J connectivity index is 1.75. The van der Waals surface area contributed by atoms with Crippen LogP contribution in [0, 0.1) is 6.92 Å². The second-order valence-corrected chi connectivity index (χ2v) is 7.17. The van der Waals surface area contributed by atoms with Crippen LogP contribution in [0.1, 0.15) is 24.0 Å². The number of amides is 1. The fourth-order valence-corrected chi connectivity index (χ4v) is 3.82. The molecule has 0 spiro atoms. The van der Waals surface area contributed by atoms with Gasteiger partial charge in [0, 0.05) is 17.9 Å². The number of thiazole rings is 1. The van der Waals surface area contributed by atoms with Crippen molar-refractivity contribution in [2.24, 2.45) is 5.10 Å². The van der Waals surface area contributed by atoms with Crippen LogP contribution in [0.25, 0.3) is 10.2 Å². The van der Waals surface area contributed by atoms with Gasteiger partial charge in [-0.25, -0.2) is 4.98 Å². The highest BCUT2D eigenvalue weighted by molar-refractivity contribution is 7.22. The van der Waals surface area contributed by atoms with E-state index in [4.69, 9.17) is 11.6 Å². The molecule has 24 heavy (non-hydrogen) atoms. The van der Waals surface area contributed by atoms with E-state index in [0.717, 1.165) is 21.5 Å². The molecule has 0 atom stereocenters. The van der Waals surface area contributed by atoms with Crippen LogP contribution in [0.2, 0.25) is 5.02 Å². The maximum atomic E-state index is 12.3. The van der Waals surface area contributed by atoms with E-state index in [-0.39, 0.29) is 5.91 Å². The fraction of sp³-hybridized carbons (Fsp3) is 0.167. The summed E-state index contributed by atoms with van der Waals surface area (Å²) in [6.45, 7) is 2.04. The third-order valence-electron chi connectivity index (χ3n) is 3.92. The van der Waals surface area contributed by atoms with Gasteiger partial charge in [-0.2, -0.15) is 10.1 Å². The minimum Gasteiger partial charge on any atom is -0.272 e. The summed E-state index contributed by atoms with van der Waals surface area (Å²) in [6.07, 6.45) is 1.05. The molecule has 0 radical (unpaired) electrons. The Kier molecular flexibility index (Phi) is 3.82. The summed E-state index contributed by atoms with van der Waals surface area (Å²) in [6, 6.07) is 13.6. The van der Waals surface area contributed by atoms with E-state index >= 15 is 0 Å². The SMILES string of the molecule is Cc1ccc2nc(N3N=C(c4ccc(Cl)cc4)CCC3=O)sc2c1. The molecule has 120 valence electrons. The second-order valence-electron chi connectivity index (χ2n) is 5.73. The van der Waals surface area contributed by atoms with E-state index in [1.165, 1.54) is 21.9 Å². The van der Waals surface area contributed by atoms with Crippen LogP contribution in [0.4, 0.5) is 5.13 Å². The molecular formula is C18H14ClN3OS. The molecule has 0 N–H and O–H groups in total. The van der Waals surface area contributed by atoms with Gasteiger partial charge in [0.15, 0.2) is 0 Å². The van der Waals surface area contributed by atoms with Crippen molar-refractivity contribution in [3.8, 4) is 0 Å². The Morgan fingerprint density at radius 2 is 1.92 bits per heavy atom. The Morgan fingerprint density at radius 3 is 2.71 bits per heavy atom. The number of carbonyl (C=O) groups excluding carboxylic acids is 1. The zero-order valence-corrected chi connectivity index (χ0v) is 14.6. The van der Waals surface area contributed by atoms with Crippen LogP contribution >= 0.6 is 22.9 Å². The minimum atomic E-state index is -0.0245. The van der Waals surface area contributed by atoms with Gasteiger partial charge in [0.05, 0.1) is 15.9 Å². The highest BCUT2D eigenvalue weighted by atomic mass is 35.5. The number of hydrogen-bond acceptors (Lipinski definition) is 4. The van der Waals surface area contributed by atoms with Gasteiger partial charge < -0.3 is 0 Å². The Hall–Kier alpha value is -2.24. The van der Waals surface area contributed by atoms with Crippen molar-refractivity contribution < 1.29 is 4.79 Å². The molecule has 0 fully saturated rings. The van der Waals surface area contributed by atoms with Crippen molar-refractivity contribution in [2.75, 3.05) is 5.01 Å². The lowest BCUT2D eigenvalue weighted by Gasteiger charge is -2.21. The summed E-state index contributed by atoms with van der Waals surface area (Å²) in [4.78, 5) is 16.9. The quantitative estimate of drug-likeness (QED) is 0.663. The summed E-state index contributed by atoms with van der Waals surface area (Å²) in [5, 5.41) is 7.30. The van der Waals surface area contributed by atoms with E-state index in [1.807, 2.05) is 43.3 Å². The molecule has 3 aromatic rings. The van der Waals surface area contributed by atoms with Crippen LogP contribution in [-0.2, 0) is 4.79 Å². The van der Waals surface area contributed by atoms with Crippen LogP contribution < -0.4 is 5.01 Å². The molecule has 4 nitrogen and oxygen atoms in total. The van der Waals surface area contributed by atoms with Crippen molar-refractivity contribution in [3.63, 3.8) is 0 Å². The van der Waals surface area contributed by atoms with Gasteiger partial charge in [0.2, 0.25) is 11.0 Å². The maximum Gasteiger partial charge on any atom is 0.249 e. The molecule has 1 aliphatic heterocycles. The predicted molar refractivity (Wildman–Crippen MR) is 99.1 cm³/mol. The van der Waals surface area contributed by atoms with Crippen LogP contribution in [0.5, 0.6) is 0 Å². The average Bonchev–Trinajstić information content (AvgIpc) is 2.99. The van der Waals surface area contributed by atoms with E-state index in [1.54, 1.807) is 0 Å². The van der Waals surface area contributed by atoms with Crippen molar-refractivity contribution in [1.82, 2.24) is 4.98 Å². The first-order valence-electron chi connectivity index (χ1n) is 7.64. The Morgan fingerprint density at radius 1 is 1.12 bits per heavy atom. The molecular weight excluding hydrogens is 342 g/mol. The van der Waals surface area contributed by atoms with Gasteiger partial charge in [-0.05, 0) is 42.3 Å². The molecule has 1 aliphatic rings. The lowest BCUT2D eigenvalue weighted by atomic mass is 10.0. The van der Waals surface area contributed by atoms with Gasteiger partial charge >= 0.3 is 0 Å². The zero-order chi connectivity index (χ0) is 16.7. The van der Waals surface area contributed by atoms with Gasteiger partial charge in [-0.15, -0.1) is 0 Å². The molecule has 0 unspecified atom stereocenters. The molecule has 4 rings (SSSR count). The number of aromatic nitrogens is 1. The molecule has 0 saturated carbocycles. The number of nitrogens with zero attached hydrogens (tertiary/aromatic N) is 3. The predicted octanol–water partition coefficient (Wildman–Crippen LogP) is 4.79. The largest absolute Gasteiger partial charge is 0.272 e. The summed E-state index contributed by atoms with van der Waals surface area (Å²) >= 11 is 7.43. The third kappa shape index (κ3) is 2.81.